The number of phenolic OH excluding ortho intramolecular Hbond substituents is 1. The number of aromatic hydroxyl groups is 1. The SMILES string of the molecule is CC1CC=C(CCn2cncc2-c2ccc(O)cc2)CC1F. The Hall–Kier alpha value is -2.10. The van der Waals surface area contributed by atoms with Crippen LogP contribution in [0.4, 0.5) is 4.39 Å². The van der Waals surface area contributed by atoms with Crippen molar-refractivity contribution < 1.29 is 9.50 Å². The predicted octanol–water partition coefficient (Wildman–Crippen LogP) is 4.34. The molecule has 3 nitrogen and oxygen atoms in total. The van der Waals surface area contributed by atoms with Crippen molar-refractivity contribution in [2.75, 3.05) is 0 Å². The van der Waals surface area contributed by atoms with Crippen LogP contribution in [-0.2, 0) is 6.54 Å². The van der Waals surface area contributed by atoms with Crippen LogP contribution in [0.15, 0.2) is 48.4 Å². The van der Waals surface area contributed by atoms with E-state index in [4.69, 9.17) is 0 Å². The molecule has 0 amide bonds. The predicted molar refractivity (Wildman–Crippen MR) is 85.3 cm³/mol. The highest BCUT2D eigenvalue weighted by atomic mass is 19.1. The third-order valence-corrected chi connectivity index (χ3v) is 4.40. The lowest BCUT2D eigenvalue weighted by molar-refractivity contribution is 0.228. The molecule has 1 N–H and O–H groups in total. The molecule has 4 heteroatoms. The van der Waals surface area contributed by atoms with Crippen molar-refractivity contribution in [1.29, 1.82) is 0 Å². The van der Waals surface area contributed by atoms with Crippen LogP contribution < -0.4 is 0 Å². The van der Waals surface area contributed by atoms with Crippen molar-refractivity contribution in [1.82, 2.24) is 9.55 Å². The fraction of sp³-hybridized carbons (Fsp3) is 0.389. The van der Waals surface area contributed by atoms with E-state index in [1.165, 1.54) is 5.57 Å². The van der Waals surface area contributed by atoms with Gasteiger partial charge in [-0.15, -0.1) is 0 Å². The summed E-state index contributed by atoms with van der Waals surface area (Å²) in [7, 11) is 0. The van der Waals surface area contributed by atoms with Crippen molar-refractivity contribution >= 4 is 0 Å². The second kappa shape index (κ2) is 6.34. The monoisotopic (exact) mass is 300 g/mol. The van der Waals surface area contributed by atoms with Crippen LogP contribution in [0.25, 0.3) is 11.3 Å². The first-order valence-electron chi connectivity index (χ1n) is 7.75. The van der Waals surface area contributed by atoms with E-state index < -0.39 is 6.17 Å². The Morgan fingerprint density at radius 2 is 2.09 bits per heavy atom. The van der Waals surface area contributed by atoms with Gasteiger partial charge in [0.05, 0.1) is 18.2 Å². The number of hydrogen-bond donors (Lipinski definition) is 1. The van der Waals surface area contributed by atoms with E-state index in [0.717, 1.165) is 30.6 Å². The molecule has 0 saturated carbocycles. The molecule has 3 rings (SSSR count). The second-order valence-electron chi connectivity index (χ2n) is 6.06. The maximum Gasteiger partial charge on any atom is 0.115 e. The summed E-state index contributed by atoms with van der Waals surface area (Å²) in [5.74, 6) is 0.398. The first-order chi connectivity index (χ1) is 10.6. The third kappa shape index (κ3) is 3.21. The number of imidazole rings is 1. The fourth-order valence-corrected chi connectivity index (χ4v) is 2.87. The van der Waals surface area contributed by atoms with Crippen LogP contribution in [0.3, 0.4) is 0 Å². The lowest BCUT2D eigenvalue weighted by atomic mass is 9.88. The van der Waals surface area contributed by atoms with Gasteiger partial charge in [-0.25, -0.2) is 9.37 Å². The van der Waals surface area contributed by atoms with Gasteiger partial charge in [0.1, 0.15) is 11.9 Å². The summed E-state index contributed by atoms with van der Waals surface area (Å²) in [6.07, 6.45) is 7.37. The van der Waals surface area contributed by atoms with Gasteiger partial charge in [0, 0.05) is 12.1 Å². The molecule has 0 spiro atoms. The molecule has 0 aliphatic heterocycles. The van der Waals surface area contributed by atoms with E-state index in [9.17, 15) is 9.50 Å². The number of alkyl halides is 1. The molecular formula is C18H21FN2O. The van der Waals surface area contributed by atoms with Crippen LogP contribution in [0.2, 0.25) is 0 Å². The molecule has 22 heavy (non-hydrogen) atoms. The summed E-state index contributed by atoms with van der Waals surface area (Å²) in [5.41, 5.74) is 3.24. The highest BCUT2D eigenvalue weighted by Gasteiger charge is 2.21. The maximum atomic E-state index is 13.8. The smallest absolute Gasteiger partial charge is 0.115 e. The Bertz CT molecular complexity index is 660. The molecule has 1 aromatic heterocycles. The highest BCUT2D eigenvalue weighted by Crippen LogP contribution is 2.29. The Labute approximate surface area is 130 Å². The normalized spacial score (nSPS) is 21.6. The van der Waals surface area contributed by atoms with Gasteiger partial charge in [-0.2, -0.15) is 0 Å². The number of halogens is 1. The van der Waals surface area contributed by atoms with Crippen molar-refractivity contribution in [3.05, 3.63) is 48.4 Å². The Kier molecular flexibility index (Phi) is 4.27. The Morgan fingerprint density at radius 3 is 2.82 bits per heavy atom. The molecule has 0 saturated heterocycles. The summed E-state index contributed by atoms with van der Waals surface area (Å²) >= 11 is 0. The molecular weight excluding hydrogens is 279 g/mol. The van der Waals surface area contributed by atoms with Crippen molar-refractivity contribution in [3.8, 4) is 17.0 Å². The molecule has 0 radical (unpaired) electrons. The number of hydrogen-bond acceptors (Lipinski definition) is 2. The van der Waals surface area contributed by atoms with E-state index in [1.54, 1.807) is 18.5 Å². The van der Waals surface area contributed by atoms with Gasteiger partial charge in [0.15, 0.2) is 0 Å². The van der Waals surface area contributed by atoms with Gasteiger partial charge in [0.2, 0.25) is 0 Å². The molecule has 116 valence electrons. The first kappa shape index (κ1) is 14.8. The number of benzene rings is 1. The highest BCUT2D eigenvalue weighted by molar-refractivity contribution is 5.59. The largest absolute Gasteiger partial charge is 0.508 e. The Balaban J connectivity index is 1.69. The first-order valence-corrected chi connectivity index (χ1v) is 7.75. The zero-order valence-corrected chi connectivity index (χ0v) is 12.7. The standard InChI is InChI=1S/C18H21FN2O/c1-13-2-3-14(10-17(13)19)8-9-21-12-20-11-18(21)15-4-6-16(22)7-5-15/h3-7,11-13,17,22H,2,8-10H2,1H3. The van der Waals surface area contributed by atoms with Crippen LogP contribution in [-0.4, -0.2) is 20.8 Å². The topological polar surface area (TPSA) is 38.0 Å². The molecule has 1 aromatic carbocycles. The molecule has 2 atom stereocenters. The number of nitrogens with zero attached hydrogens (tertiary/aromatic N) is 2. The number of phenols is 1. The van der Waals surface area contributed by atoms with Crippen LogP contribution in [0.5, 0.6) is 5.75 Å². The van der Waals surface area contributed by atoms with Gasteiger partial charge in [-0.1, -0.05) is 18.6 Å². The van der Waals surface area contributed by atoms with Gasteiger partial charge in [-0.05, 0) is 49.4 Å². The van der Waals surface area contributed by atoms with Crippen LogP contribution in [0.1, 0.15) is 26.2 Å². The van der Waals surface area contributed by atoms with E-state index >= 15 is 0 Å². The van der Waals surface area contributed by atoms with Gasteiger partial charge in [0.25, 0.3) is 0 Å². The van der Waals surface area contributed by atoms with Crippen LogP contribution >= 0.6 is 0 Å². The van der Waals surface area contributed by atoms with Gasteiger partial charge < -0.3 is 9.67 Å². The quantitative estimate of drug-likeness (QED) is 0.853. The lowest BCUT2D eigenvalue weighted by Gasteiger charge is -2.23. The van der Waals surface area contributed by atoms with E-state index in [2.05, 4.69) is 15.6 Å². The lowest BCUT2D eigenvalue weighted by Crippen LogP contribution is -2.17. The molecule has 1 heterocycles. The van der Waals surface area contributed by atoms with Crippen molar-refractivity contribution in [2.24, 2.45) is 5.92 Å². The zero-order chi connectivity index (χ0) is 15.5. The Morgan fingerprint density at radius 1 is 1.32 bits per heavy atom. The number of rotatable bonds is 4. The minimum atomic E-state index is -0.709. The number of aryl methyl sites for hydroxylation is 1. The van der Waals surface area contributed by atoms with Crippen molar-refractivity contribution in [2.45, 2.75) is 38.9 Å². The number of aromatic nitrogens is 2. The van der Waals surface area contributed by atoms with Gasteiger partial charge >= 0.3 is 0 Å². The average molecular weight is 300 g/mol. The molecule has 2 unspecified atom stereocenters. The zero-order valence-electron chi connectivity index (χ0n) is 12.7. The van der Waals surface area contributed by atoms with Crippen molar-refractivity contribution in [3.63, 3.8) is 0 Å². The summed E-state index contributed by atoms with van der Waals surface area (Å²) < 4.78 is 15.9. The van der Waals surface area contributed by atoms with Crippen LogP contribution in [0, 0.1) is 5.92 Å². The summed E-state index contributed by atoms with van der Waals surface area (Å²) in [6, 6.07) is 7.10. The molecule has 0 bridgehead atoms. The average Bonchev–Trinajstić information content (AvgIpc) is 2.98. The maximum absolute atomic E-state index is 13.8. The van der Waals surface area contributed by atoms with Gasteiger partial charge in [-0.3, -0.25) is 0 Å². The van der Waals surface area contributed by atoms with E-state index in [-0.39, 0.29) is 11.7 Å². The molecule has 1 aliphatic carbocycles. The molecule has 0 fully saturated rings. The van der Waals surface area contributed by atoms with E-state index in [1.807, 2.05) is 25.3 Å². The summed E-state index contributed by atoms with van der Waals surface area (Å²) in [5, 5.41) is 9.38. The summed E-state index contributed by atoms with van der Waals surface area (Å²) in [4.78, 5) is 4.22. The fourth-order valence-electron chi connectivity index (χ4n) is 2.87. The number of allylic oxidation sites excluding steroid dienone is 2. The van der Waals surface area contributed by atoms with E-state index in [0.29, 0.717) is 6.42 Å². The summed E-state index contributed by atoms with van der Waals surface area (Å²) in [6.45, 7) is 2.76. The molecule has 1 aliphatic rings. The molecule has 2 aromatic rings. The second-order valence-corrected chi connectivity index (χ2v) is 6.06. The minimum absolute atomic E-state index is 0.143. The minimum Gasteiger partial charge on any atom is -0.508 e. The third-order valence-electron chi connectivity index (χ3n) is 4.40.